The summed E-state index contributed by atoms with van der Waals surface area (Å²) >= 11 is 1.89. The second-order valence-corrected chi connectivity index (χ2v) is 5.29. The fourth-order valence-electron chi connectivity index (χ4n) is 1.77. The number of aliphatic hydroxyl groups is 1. The van der Waals surface area contributed by atoms with Crippen molar-refractivity contribution in [3.63, 3.8) is 0 Å². The molecule has 0 saturated heterocycles. The van der Waals surface area contributed by atoms with Gasteiger partial charge in [0.05, 0.1) is 6.61 Å². The molecule has 1 rings (SSSR count). The lowest BCUT2D eigenvalue weighted by Gasteiger charge is -2.17. The van der Waals surface area contributed by atoms with Crippen LogP contribution in [-0.4, -0.2) is 35.4 Å². The van der Waals surface area contributed by atoms with E-state index < -0.39 is 0 Å². The predicted molar refractivity (Wildman–Crippen MR) is 75.6 cm³/mol. The Labute approximate surface area is 109 Å². The quantitative estimate of drug-likeness (QED) is 0.756. The molecule has 0 radical (unpaired) electrons. The van der Waals surface area contributed by atoms with Crippen LogP contribution >= 0.6 is 11.8 Å². The van der Waals surface area contributed by atoms with E-state index in [0.29, 0.717) is 0 Å². The molecule has 1 aromatic carbocycles. The van der Waals surface area contributed by atoms with Gasteiger partial charge in [-0.05, 0) is 43.3 Å². The minimum absolute atomic E-state index is 0.135. The first kappa shape index (κ1) is 14.6. The highest BCUT2D eigenvalue weighted by Crippen LogP contribution is 2.21. The van der Waals surface area contributed by atoms with E-state index in [0.717, 1.165) is 31.0 Å². The van der Waals surface area contributed by atoms with Crippen LogP contribution in [0.2, 0.25) is 0 Å². The van der Waals surface area contributed by atoms with Crippen molar-refractivity contribution < 1.29 is 5.11 Å². The summed E-state index contributed by atoms with van der Waals surface area (Å²) < 4.78 is 0. The van der Waals surface area contributed by atoms with E-state index in [4.69, 9.17) is 5.11 Å². The van der Waals surface area contributed by atoms with Gasteiger partial charge in [-0.2, -0.15) is 0 Å². The number of aliphatic hydroxyl groups excluding tert-OH is 1. The third-order valence-electron chi connectivity index (χ3n) is 3.06. The Morgan fingerprint density at radius 1 is 1.24 bits per heavy atom. The van der Waals surface area contributed by atoms with Crippen molar-refractivity contribution >= 4 is 11.8 Å². The lowest BCUT2D eigenvalue weighted by Crippen LogP contribution is -2.25. The lowest BCUT2D eigenvalue weighted by molar-refractivity contribution is 0.281. The molecule has 0 amide bonds. The molecule has 0 unspecified atom stereocenters. The molecule has 0 spiro atoms. The molecule has 3 heteroatoms. The highest BCUT2D eigenvalue weighted by atomic mass is 32.2. The molecule has 0 bridgehead atoms. The van der Waals surface area contributed by atoms with Crippen LogP contribution in [0.25, 0.3) is 0 Å². The Bertz CT molecular complexity index is 337. The van der Waals surface area contributed by atoms with E-state index in [1.807, 2.05) is 17.8 Å². The molecule has 0 heterocycles. The molecule has 0 atom stereocenters. The average Bonchev–Trinajstić information content (AvgIpc) is 2.35. The van der Waals surface area contributed by atoms with Gasteiger partial charge in [0.2, 0.25) is 0 Å². The van der Waals surface area contributed by atoms with Crippen LogP contribution in [0, 0.1) is 6.92 Å². The summed E-state index contributed by atoms with van der Waals surface area (Å²) in [5.41, 5.74) is 2.21. The van der Waals surface area contributed by atoms with Crippen LogP contribution < -0.4 is 0 Å². The number of aryl methyl sites for hydroxylation is 1. The van der Waals surface area contributed by atoms with Gasteiger partial charge in [0.1, 0.15) is 0 Å². The second-order valence-electron chi connectivity index (χ2n) is 4.12. The van der Waals surface area contributed by atoms with Crippen LogP contribution in [0.1, 0.15) is 25.0 Å². The fraction of sp³-hybridized carbons (Fsp3) is 0.571. The third kappa shape index (κ3) is 4.70. The van der Waals surface area contributed by atoms with Gasteiger partial charge in [0.25, 0.3) is 0 Å². The molecule has 1 aromatic rings. The topological polar surface area (TPSA) is 23.5 Å². The standard InChI is InChI=1S/C14H23NOS/c1-4-15(5-2)8-9-17-14-7-6-13(11-16)12(3)10-14/h6-7,10,16H,4-5,8-9,11H2,1-3H3. The lowest BCUT2D eigenvalue weighted by atomic mass is 10.1. The number of nitrogens with zero attached hydrogens (tertiary/aromatic N) is 1. The highest BCUT2D eigenvalue weighted by Gasteiger charge is 2.02. The van der Waals surface area contributed by atoms with Crippen molar-refractivity contribution in [1.82, 2.24) is 4.90 Å². The van der Waals surface area contributed by atoms with Gasteiger partial charge < -0.3 is 10.0 Å². The molecular weight excluding hydrogens is 230 g/mol. The van der Waals surface area contributed by atoms with Gasteiger partial charge in [-0.25, -0.2) is 0 Å². The number of rotatable bonds is 7. The van der Waals surface area contributed by atoms with Crippen LogP contribution in [-0.2, 0) is 6.61 Å². The number of benzene rings is 1. The van der Waals surface area contributed by atoms with Crippen molar-refractivity contribution in [3.05, 3.63) is 29.3 Å². The monoisotopic (exact) mass is 253 g/mol. The van der Waals surface area contributed by atoms with Crippen molar-refractivity contribution in [2.24, 2.45) is 0 Å². The van der Waals surface area contributed by atoms with Crippen molar-refractivity contribution in [1.29, 1.82) is 0 Å². The molecule has 0 aliphatic heterocycles. The van der Waals surface area contributed by atoms with E-state index in [1.165, 1.54) is 10.5 Å². The highest BCUT2D eigenvalue weighted by molar-refractivity contribution is 7.99. The van der Waals surface area contributed by atoms with Gasteiger partial charge in [0.15, 0.2) is 0 Å². The summed E-state index contributed by atoms with van der Waals surface area (Å²) in [4.78, 5) is 3.73. The molecule has 2 nitrogen and oxygen atoms in total. The molecule has 0 aliphatic carbocycles. The molecule has 0 saturated carbocycles. The maximum Gasteiger partial charge on any atom is 0.0684 e. The Morgan fingerprint density at radius 3 is 2.47 bits per heavy atom. The maximum absolute atomic E-state index is 9.11. The zero-order chi connectivity index (χ0) is 12.7. The van der Waals surface area contributed by atoms with E-state index in [9.17, 15) is 0 Å². The largest absolute Gasteiger partial charge is 0.392 e. The van der Waals surface area contributed by atoms with Gasteiger partial charge in [0, 0.05) is 17.2 Å². The molecule has 1 N–H and O–H groups in total. The van der Waals surface area contributed by atoms with E-state index in [1.54, 1.807) is 0 Å². The number of hydrogen-bond donors (Lipinski definition) is 1. The SMILES string of the molecule is CCN(CC)CCSc1ccc(CO)c(C)c1. The normalized spacial score (nSPS) is 11.1. The Kier molecular flexibility index (Phi) is 6.63. The zero-order valence-corrected chi connectivity index (χ0v) is 11.9. The van der Waals surface area contributed by atoms with E-state index >= 15 is 0 Å². The summed E-state index contributed by atoms with van der Waals surface area (Å²) in [5.74, 6) is 1.12. The van der Waals surface area contributed by atoms with E-state index in [2.05, 4.69) is 37.8 Å². The molecule has 96 valence electrons. The van der Waals surface area contributed by atoms with Gasteiger partial charge in [-0.15, -0.1) is 11.8 Å². The minimum Gasteiger partial charge on any atom is -0.392 e. The van der Waals surface area contributed by atoms with Crippen LogP contribution in [0.3, 0.4) is 0 Å². The Morgan fingerprint density at radius 2 is 1.94 bits per heavy atom. The van der Waals surface area contributed by atoms with Gasteiger partial charge in [-0.3, -0.25) is 0 Å². The Balaban J connectivity index is 2.44. The van der Waals surface area contributed by atoms with Crippen LogP contribution in [0.5, 0.6) is 0 Å². The van der Waals surface area contributed by atoms with Crippen molar-refractivity contribution in [2.45, 2.75) is 32.3 Å². The summed E-state index contributed by atoms with van der Waals surface area (Å²) in [6.07, 6.45) is 0. The smallest absolute Gasteiger partial charge is 0.0684 e. The molecule has 0 aliphatic rings. The molecule has 0 fully saturated rings. The zero-order valence-electron chi connectivity index (χ0n) is 11.1. The number of thioether (sulfide) groups is 1. The predicted octanol–water partition coefficient (Wildman–Crippen LogP) is 2.92. The summed E-state index contributed by atoms with van der Waals surface area (Å²) in [6, 6.07) is 6.29. The summed E-state index contributed by atoms with van der Waals surface area (Å²) in [7, 11) is 0. The Hall–Kier alpha value is -0.510. The second kappa shape index (κ2) is 7.75. The van der Waals surface area contributed by atoms with E-state index in [-0.39, 0.29) is 6.61 Å². The van der Waals surface area contributed by atoms with Crippen molar-refractivity contribution in [3.8, 4) is 0 Å². The first-order valence-electron chi connectivity index (χ1n) is 6.26. The average molecular weight is 253 g/mol. The summed E-state index contributed by atoms with van der Waals surface area (Å²) in [6.45, 7) is 9.98. The van der Waals surface area contributed by atoms with Gasteiger partial charge in [-0.1, -0.05) is 19.9 Å². The maximum atomic E-state index is 9.11. The fourth-order valence-corrected chi connectivity index (χ4v) is 2.78. The van der Waals surface area contributed by atoms with Gasteiger partial charge >= 0.3 is 0 Å². The summed E-state index contributed by atoms with van der Waals surface area (Å²) in [5, 5.41) is 9.11. The third-order valence-corrected chi connectivity index (χ3v) is 4.03. The molecular formula is C14H23NOS. The minimum atomic E-state index is 0.135. The van der Waals surface area contributed by atoms with Crippen LogP contribution in [0.15, 0.2) is 23.1 Å². The van der Waals surface area contributed by atoms with Crippen LogP contribution in [0.4, 0.5) is 0 Å². The molecule has 0 aromatic heterocycles. The first-order chi connectivity index (χ1) is 8.21. The van der Waals surface area contributed by atoms with Crippen molar-refractivity contribution in [2.75, 3.05) is 25.4 Å². The number of hydrogen-bond acceptors (Lipinski definition) is 3. The first-order valence-corrected chi connectivity index (χ1v) is 7.25. The molecule has 17 heavy (non-hydrogen) atoms.